The Morgan fingerprint density at radius 2 is 1.94 bits per heavy atom. The molecule has 0 fully saturated rings. The van der Waals surface area contributed by atoms with Crippen LogP contribution in [0.2, 0.25) is 0 Å². The molecular weight excluding hydrogens is 434 g/mol. The molecule has 1 aliphatic heterocycles. The van der Waals surface area contributed by atoms with Crippen LogP contribution in [0.25, 0.3) is 0 Å². The summed E-state index contributed by atoms with van der Waals surface area (Å²) in [5, 5.41) is 16.5. The molecule has 9 nitrogen and oxygen atoms in total. The predicted molar refractivity (Wildman–Crippen MR) is 118 cm³/mol. The van der Waals surface area contributed by atoms with E-state index in [0.29, 0.717) is 28.9 Å². The zero-order chi connectivity index (χ0) is 22.9. The van der Waals surface area contributed by atoms with Gasteiger partial charge in [-0.05, 0) is 35.9 Å². The molecule has 0 saturated heterocycles. The lowest BCUT2D eigenvalue weighted by Crippen LogP contribution is -2.26. The molecule has 1 aliphatic rings. The van der Waals surface area contributed by atoms with Gasteiger partial charge in [-0.2, -0.15) is 5.10 Å². The number of aromatic hydroxyl groups is 1. The quantitative estimate of drug-likeness (QED) is 0.588. The van der Waals surface area contributed by atoms with Crippen molar-refractivity contribution >= 4 is 27.3 Å². The topological polar surface area (TPSA) is 121 Å². The van der Waals surface area contributed by atoms with Gasteiger partial charge in [-0.25, -0.2) is 13.4 Å². The molecule has 1 atom stereocenters. The number of furan rings is 1. The van der Waals surface area contributed by atoms with Gasteiger partial charge in [-0.1, -0.05) is 24.3 Å². The summed E-state index contributed by atoms with van der Waals surface area (Å²) in [6.07, 6.45) is 2.80. The standard InChI is InChI=1S/C22H21N3O6S/c1-30-19-6-3-5-16(21(19)26)18-13-17(23-25(18)22(27)20-7-4-12-31-20)14-8-10-15(11-9-14)24-32(2,28)29/h3-12,18,24,26H,13H2,1-2H3/t18-/m0/s1. The fraction of sp³-hybridized carbons (Fsp3) is 0.182. The molecule has 166 valence electrons. The SMILES string of the molecule is COc1cccc([C@@H]2CC(c3ccc(NS(C)(=O)=O)cc3)=NN2C(=O)c2ccco2)c1O. The minimum absolute atomic E-state index is 0.0682. The number of amides is 1. The molecule has 3 aromatic rings. The second-order valence-electron chi connectivity index (χ2n) is 7.24. The van der Waals surface area contributed by atoms with E-state index in [1.165, 1.54) is 18.4 Å². The van der Waals surface area contributed by atoms with Crippen molar-refractivity contribution in [1.29, 1.82) is 0 Å². The molecular formula is C22H21N3O6S. The number of sulfonamides is 1. The molecule has 4 rings (SSSR count). The van der Waals surface area contributed by atoms with E-state index in [4.69, 9.17) is 9.15 Å². The number of para-hydroxylation sites is 1. The number of phenolic OH excluding ortho intramolecular Hbond substituents is 1. The predicted octanol–water partition coefficient (Wildman–Crippen LogP) is 3.36. The Morgan fingerprint density at radius 3 is 2.56 bits per heavy atom. The molecule has 0 radical (unpaired) electrons. The number of nitrogens with one attached hydrogen (secondary N) is 1. The van der Waals surface area contributed by atoms with Crippen LogP contribution in [0.5, 0.6) is 11.5 Å². The van der Waals surface area contributed by atoms with Crippen LogP contribution in [0, 0.1) is 0 Å². The maximum atomic E-state index is 13.1. The van der Waals surface area contributed by atoms with Crippen molar-refractivity contribution in [3.8, 4) is 11.5 Å². The molecule has 32 heavy (non-hydrogen) atoms. The minimum atomic E-state index is -3.39. The summed E-state index contributed by atoms with van der Waals surface area (Å²) in [6, 6.07) is 14.3. The number of nitrogens with zero attached hydrogens (tertiary/aromatic N) is 2. The Hall–Kier alpha value is -3.79. The van der Waals surface area contributed by atoms with Crippen molar-refractivity contribution in [3.63, 3.8) is 0 Å². The molecule has 0 unspecified atom stereocenters. The van der Waals surface area contributed by atoms with Gasteiger partial charge in [0.1, 0.15) is 0 Å². The van der Waals surface area contributed by atoms with Crippen molar-refractivity contribution < 1.29 is 27.5 Å². The van der Waals surface area contributed by atoms with Gasteiger partial charge in [0, 0.05) is 17.7 Å². The average molecular weight is 455 g/mol. The van der Waals surface area contributed by atoms with Crippen LogP contribution < -0.4 is 9.46 Å². The number of carbonyl (C=O) groups is 1. The van der Waals surface area contributed by atoms with E-state index < -0.39 is 22.0 Å². The van der Waals surface area contributed by atoms with E-state index in [-0.39, 0.29) is 17.3 Å². The molecule has 0 aliphatic carbocycles. The summed E-state index contributed by atoms with van der Waals surface area (Å²) < 4.78 is 35.7. The van der Waals surface area contributed by atoms with Crippen molar-refractivity contribution in [2.24, 2.45) is 5.10 Å². The van der Waals surface area contributed by atoms with E-state index in [0.717, 1.165) is 6.26 Å². The molecule has 2 N–H and O–H groups in total. The molecule has 2 aromatic carbocycles. The third-order valence-corrected chi connectivity index (χ3v) is 5.59. The second-order valence-corrected chi connectivity index (χ2v) is 8.99. The van der Waals surface area contributed by atoms with Crippen LogP contribution in [0.4, 0.5) is 5.69 Å². The zero-order valence-electron chi connectivity index (χ0n) is 17.3. The lowest BCUT2D eigenvalue weighted by Gasteiger charge is -2.22. The third kappa shape index (κ3) is 4.30. The van der Waals surface area contributed by atoms with Gasteiger partial charge in [0.25, 0.3) is 0 Å². The number of phenols is 1. The van der Waals surface area contributed by atoms with Crippen LogP contribution >= 0.6 is 0 Å². The lowest BCUT2D eigenvalue weighted by molar-refractivity contribution is 0.0676. The number of carbonyl (C=O) groups excluding carboxylic acids is 1. The molecule has 1 amide bonds. The smallest absolute Gasteiger partial charge is 0.310 e. The van der Waals surface area contributed by atoms with Gasteiger partial charge in [-0.3, -0.25) is 9.52 Å². The summed E-state index contributed by atoms with van der Waals surface area (Å²) in [4.78, 5) is 13.1. The van der Waals surface area contributed by atoms with E-state index in [1.807, 2.05) is 0 Å². The van der Waals surface area contributed by atoms with Crippen LogP contribution in [0.15, 0.2) is 70.4 Å². The molecule has 2 heterocycles. The van der Waals surface area contributed by atoms with Crippen molar-refractivity contribution in [1.82, 2.24) is 5.01 Å². The summed E-state index contributed by atoms with van der Waals surface area (Å²) >= 11 is 0. The maximum Gasteiger partial charge on any atom is 0.310 e. The summed E-state index contributed by atoms with van der Waals surface area (Å²) in [5.41, 5.74) is 2.22. The second kappa shape index (κ2) is 8.39. The Morgan fingerprint density at radius 1 is 1.19 bits per heavy atom. The summed E-state index contributed by atoms with van der Waals surface area (Å²) in [6.45, 7) is 0. The van der Waals surface area contributed by atoms with Crippen LogP contribution in [-0.4, -0.2) is 43.5 Å². The summed E-state index contributed by atoms with van der Waals surface area (Å²) in [5.74, 6) is -0.110. The molecule has 0 bridgehead atoms. The third-order valence-electron chi connectivity index (χ3n) is 4.98. The highest BCUT2D eigenvalue weighted by molar-refractivity contribution is 7.92. The Kier molecular flexibility index (Phi) is 5.62. The van der Waals surface area contributed by atoms with Crippen LogP contribution in [0.1, 0.15) is 34.1 Å². The minimum Gasteiger partial charge on any atom is -0.504 e. The number of ether oxygens (including phenoxy) is 1. The molecule has 0 saturated carbocycles. The normalized spacial score (nSPS) is 16.0. The molecule has 0 spiro atoms. The van der Waals surface area contributed by atoms with Crippen molar-refractivity contribution in [2.45, 2.75) is 12.5 Å². The lowest BCUT2D eigenvalue weighted by atomic mass is 9.97. The Bertz CT molecular complexity index is 1270. The number of rotatable bonds is 6. The van der Waals surface area contributed by atoms with Gasteiger partial charge in [0.15, 0.2) is 17.3 Å². The number of hydrogen-bond donors (Lipinski definition) is 2. The van der Waals surface area contributed by atoms with Crippen LogP contribution in [-0.2, 0) is 10.0 Å². The van der Waals surface area contributed by atoms with Crippen molar-refractivity contribution in [3.05, 3.63) is 77.7 Å². The van der Waals surface area contributed by atoms with E-state index >= 15 is 0 Å². The van der Waals surface area contributed by atoms with E-state index in [9.17, 15) is 18.3 Å². The fourth-order valence-electron chi connectivity index (χ4n) is 3.55. The van der Waals surface area contributed by atoms with Gasteiger partial charge in [0.05, 0.1) is 31.4 Å². The number of methoxy groups -OCH3 is 1. The highest BCUT2D eigenvalue weighted by atomic mass is 32.2. The Balaban J connectivity index is 1.70. The number of benzene rings is 2. The van der Waals surface area contributed by atoms with E-state index in [1.54, 1.807) is 54.6 Å². The van der Waals surface area contributed by atoms with Gasteiger partial charge in [-0.15, -0.1) is 0 Å². The first-order valence-corrected chi connectivity index (χ1v) is 11.5. The van der Waals surface area contributed by atoms with Gasteiger partial charge in [0.2, 0.25) is 10.0 Å². The van der Waals surface area contributed by atoms with Crippen molar-refractivity contribution in [2.75, 3.05) is 18.1 Å². The van der Waals surface area contributed by atoms with E-state index in [2.05, 4.69) is 9.82 Å². The first kappa shape index (κ1) is 21.4. The summed E-state index contributed by atoms with van der Waals surface area (Å²) in [7, 11) is -1.94. The van der Waals surface area contributed by atoms with Gasteiger partial charge < -0.3 is 14.3 Å². The highest BCUT2D eigenvalue weighted by Gasteiger charge is 2.36. The Labute approximate surface area is 185 Å². The fourth-order valence-corrected chi connectivity index (χ4v) is 4.11. The van der Waals surface area contributed by atoms with Crippen LogP contribution in [0.3, 0.4) is 0 Å². The zero-order valence-corrected chi connectivity index (χ0v) is 18.2. The maximum absolute atomic E-state index is 13.1. The first-order valence-electron chi connectivity index (χ1n) is 9.65. The molecule has 1 aromatic heterocycles. The number of anilines is 1. The molecule has 10 heteroatoms. The number of hydrogen-bond acceptors (Lipinski definition) is 7. The largest absolute Gasteiger partial charge is 0.504 e. The highest BCUT2D eigenvalue weighted by Crippen LogP contribution is 2.41. The monoisotopic (exact) mass is 455 g/mol. The van der Waals surface area contributed by atoms with Gasteiger partial charge >= 0.3 is 5.91 Å². The number of hydrazone groups is 1. The average Bonchev–Trinajstić information content (AvgIpc) is 3.43. The first-order chi connectivity index (χ1) is 15.3.